The van der Waals surface area contributed by atoms with Crippen molar-refractivity contribution in [1.29, 1.82) is 0 Å². The molecule has 2 rings (SSSR count). The van der Waals surface area contributed by atoms with Gasteiger partial charge in [-0.25, -0.2) is 0 Å². The van der Waals surface area contributed by atoms with Crippen molar-refractivity contribution >= 4 is 17.8 Å². The SMILES string of the molecule is CCCN(CCC)CCC.O=C(O)C1CC2CCC(=O)N2C1=O. The Balaban J connectivity index is 0.000000241. The molecule has 2 saturated heterocycles. The van der Waals surface area contributed by atoms with Gasteiger partial charge in [0.1, 0.15) is 5.92 Å². The molecule has 2 unspecified atom stereocenters. The van der Waals surface area contributed by atoms with E-state index in [1.165, 1.54) is 38.9 Å². The van der Waals surface area contributed by atoms with Crippen molar-refractivity contribution in [2.24, 2.45) is 5.92 Å². The van der Waals surface area contributed by atoms with Gasteiger partial charge in [-0.1, -0.05) is 20.8 Å². The molecule has 0 spiro atoms. The molecular formula is C17H30N2O4. The third-order valence-electron chi connectivity index (χ3n) is 4.29. The third kappa shape index (κ3) is 5.30. The van der Waals surface area contributed by atoms with E-state index in [9.17, 15) is 14.4 Å². The molecule has 0 bridgehead atoms. The predicted molar refractivity (Wildman–Crippen MR) is 87.9 cm³/mol. The van der Waals surface area contributed by atoms with Crippen molar-refractivity contribution in [1.82, 2.24) is 9.80 Å². The van der Waals surface area contributed by atoms with Crippen LogP contribution in [0.15, 0.2) is 0 Å². The second kappa shape index (κ2) is 9.65. The Hall–Kier alpha value is -1.43. The molecule has 2 fully saturated rings. The zero-order chi connectivity index (χ0) is 17.4. The van der Waals surface area contributed by atoms with Gasteiger partial charge in [-0.15, -0.1) is 0 Å². The zero-order valence-corrected chi connectivity index (χ0v) is 14.6. The number of fused-ring (bicyclic) bond motifs is 1. The summed E-state index contributed by atoms with van der Waals surface area (Å²) in [6, 6.07) is -0.152. The van der Waals surface area contributed by atoms with Gasteiger partial charge >= 0.3 is 5.97 Å². The van der Waals surface area contributed by atoms with Crippen LogP contribution in [-0.4, -0.2) is 58.4 Å². The fourth-order valence-electron chi connectivity index (χ4n) is 3.30. The lowest BCUT2D eigenvalue weighted by Gasteiger charge is -2.19. The summed E-state index contributed by atoms with van der Waals surface area (Å²) in [7, 11) is 0. The number of rotatable bonds is 7. The molecule has 0 aromatic rings. The molecular weight excluding hydrogens is 296 g/mol. The van der Waals surface area contributed by atoms with E-state index < -0.39 is 17.8 Å². The number of imide groups is 1. The van der Waals surface area contributed by atoms with E-state index in [0.29, 0.717) is 19.3 Å². The van der Waals surface area contributed by atoms with Crippen LogP contribution in [0.5, 0.6) is 0 Å². The zero-order valence-electron chi connectivity index (χ0n) is 14.6. The standard InChI is InChI=1S/C9H21N.C8H9NO4/c1-4-7-10(8-5-2)9-6-3;10-6-2-1-4-3-5(8(12)13)7(11)9(4)6/h4-9H2,1-3H3;4-5H,1-3H2,(H,12,13). The summed E-state index contributed by atoms with van der Waals surface area (Å²) >= 11 is 0. The fourth-order valence-corrected chi connectivity index (χ4v) is 3.30. The molecule has 0 radical (unpaired) electrons. The van der Waals surface area contributed by atoms with Gasteiger partial charge in [0.15, 0.2) is 0 Å². The van der Waals surface area contributed by atoms with E-state index in [4.69, 9.17) is 5.11 Å². The van der Waals surface area contributed by atoms with Crippen molar-refractivity contribution in [3.05, 3.63) is 0 Å². The number of nitrogens with zero attached hydrogens (tertiary/aromatic N) is 2. The number of carboxylic acids is 1. The minimum Gasteiger partial charge on any atom is -0.481 e. The Labute approximate surface area is 138 Å². The van der Waals surface area contributed by atoms with Gasteiger partial charge in [0.2, 0.25) is 11.8 Å². The number of carbonyl (C=O) groups is 3. The number of carbonyl (C=O) groups excluding carboxylic acids is 2. The summed E-state index contributed by atoms with van der Waals surface area (Å²) in [5.74, 6) is -2.86. The van der Waals surface area contributed by atoms with E-state index in [2.05, 4.69) is 25.7 Å². The summed E-state index contributed by atoms with van der Waals surface area (Å²) in [6.45, 7) is 10.6. The Morgan fingerprint density at radius 1 is 1.13 bits per heavy atom. The second-order valence-electron chi connectivity index (χ2n) is 6.26. The van der Waals surface area contributed by atoms with Gasteiger partial charge in [-0.05, 0) is 51.7 Å². The van der Waals surface area contributed by atoms with Gasteiger partial charge in [0.05, 0.1) is 0 Å². The van der Waals surface area contributed by atoms with E-state index in [0.717, 1.165) is 4.90 Å². The first-order valence-electron chi connectivity index (χ1n) is 8.77. The van der Waals surface area contributed by atoms with Crippen LogP contribution in [0.4, 0.5) is 0 Å². The fraction of sp³-hybridized carbons (Fsp3) is 0.824. The van der Waals surface area contributed by atoms with Crippen LogP contribution >= 0.6 is 0 Å². The maximum atomic E-state index is 11.4. The number of hydrogen-bond donors (Lipinski definition) is 1. The highest BCUT2D eigenvalue weighted by molar-refractivity contribution is 6.07. The number of carboxylic acid groups (broad SMARTS) is 1. The summed E-state index contributed by atoms with van der Waals surface area (Å²) in [6.07, 6.45) is 5.16. The van der Waals surface area contributed by atoms with Crippen LogP contribution in [0.1, 0.15) is 59.3 Å². The molecule has 23 heavy (non-hydrogen) atoms. The Bertz CT molecular complexity index is 411. The first-order valence-corrected chi connectivity index (χ1v) is 8.77. The van der Waals surface area contributed by atoms with Crippen LogP contribution < -0.4 is 0 Å². The average Bonchev–Trinajstić information content (AvgIpc) is 3.02. The van der Waals surface area contributed by atoms with Crippen molar-refractivity contribution < 1.29 is 19.5 Å². The summed E-state index contributed by atoms with van der Waals surface area (Å²) in [4.78, 5) is 36.8. The molecule has 0 aliphatic carbocycles. The van der Waals surface area contributed by atoms with Gasteiger partial charge in [0, 0.05) is 12.5 Å². The predicted octanol–water partition coefficient (Wildman–Crippen LogP) is 2.13. The molecule has 132 valence electrons. The Morgan fingerprint density at radius 3 is 2.04 bits per heavy atom. The van der Waals surface area contributed by atoms with Crippen molar-refractivity contribution in [3.63, 3.8) is 0 Å². The topological polar surface area (TPSA) is 77.9 Å². The lowest BCUT2D eigenvalue weighted by molar-refractivity contribution is -0.149. The van der Waals surface area contributed by atoms with Gasteiger partial charge in [-0.3, -0.25) is 19.3 Å². The second-order valence-corrected chi connectivity index (χ2v) is 6.26. The molecule has 6 heteroatoms. The first kappa shape index (κ1) is 19.6. The highest BCUT2D eigenvalue weighted by Crippen LogP contribution is 2.33. The number of aliphatic carboxylic acids is 1. The first-order chi connectivity index (χ1) is 11.0. The summed E-state index contributed by atoms with van der Waals surface area (Å²) < 4.78 is 0. The summed E-state index contributed by atoms with van der Waals surface area (Å²) in [5, 5.41) is 8.67. The van der Waals surface area contributed by atoms with Crippen LogP contribution in [0.3, 0.4) is 0 Å². The maximum absolute atomic E-state index is 11.4. The molecule has 2 atom stereocenters. The molecule has 2 heterocycles. The van der Waals surface area contributed by atoms with Gasteiger partial charge < -0.3 is 10.0 Å². The van der Waals surface area contributed by atoms with E-state index in [1.807, 2.05) is 0 Å². The van der Waals surface area contributed by atoms with Crippen LogP contribution in [0.25, 0.3) is 0 Å². The van der Waals surface area contributed by atoms with E-state index in [-0.39, 0.29) is 11.9 Å². The smallest absolute Gasteiger partial charge is 0.316 e. The minimum atomic E-state index is -1.12. The summed E-state index contributed by atoms with van der Waals surface area (Å²) in [5.41, 5.74) is 0. The van der Waals surface area contributed by atoms with E-state index in [1.54, 1.807) is 0 Å². The Morgan fingerprint density at radius 2 is 1.65 bits per heavy atom. The quantitative estimate of drug-likeness (QED) is 0.573. The normalized spacial score (nSPS) is 23.0. The van der Waals surface area contributed by atoms with Gasteiger partial charge in [0.25, 0.3) is 0 Å². The van der Waals surface area contributed by atoms with E-state index >= 15 is 0 Å². The highest BCUT2D eigenvalue weighted by atomic mass is 16.4. The highest BCUT2D eigenvalue weighted by Gasteiger charge is 2.49. The van der Waals surface area contributed by atoms with Crippen LogP contribution in [0, 0.1) is 5.92 Å². The number of amides is 2. The average molecular weight is 326 g/mol. The maximum Gasteiger partial charge on any atom is 0.316 e. The lowest BCUT2D eigenvalue weighted by atomic mass is 10.0. The molecule has 2 aliphatic heterocycles. The molecule has 6 nitrogen and oxygen atoms in total. The molecule has 0 aromatic carbocycles. The van der Waals surface area contributed by atoms with Crippen molar-refractivity contribution in [3.8, 4) is 0 Å². The van der Waals surface area contributed by atoms with Crippen molar-refractivity contribution in [2.45, 2.75) is 65.3 Å². The van der Waals surface area contributed by atoms with Crippen LogP contribution in [0.2, 0.25) is 0 Å². The molecule has 2 aliphatic rings. The third-order valence-corrected chi connectivity index (χ3v) is 4.29. The van der Waals surface area contributed by atoms with Gasteiger partial charge in [-0.2, -0.15) is 0 Å². The van der Waals surface area contributed by atoms with Crippen LogP contribution in [-0.2, 0) is 14.4 Å². The minimum absolute atomic E-state index is 0.152. The monoisotopic (exact) mass is 326 g/mol. The Kier molecular flexibility index (Phi) is 8.23. The van der Waals surface area contributed by atoms with Crippen molar-refractivity contribution in [2.75, 3.05) is 19.6 Å². The molecule has 0 saturated carbocycles. The lowest BCUT2D eigenvalue weighted by Crippen LogP contribution is -2.34. The molecule has 0 aromatic heterocycles. The number of hydrogen-bond acceptors (Lipinski definition) is 4. The molecule has 1 N–H and O–H groups in total. The largest absolute Gasteiger partial charge is 0.481 e. The molecule has 2 amide bonds.